The molecule has 1 fully saturated rings. The highest BCUT2D eigenvalue weighted by Crippen LogP contribution is 2.44. The molecule has 2 nitrogen and oxygen atoms in total. The van der Waals surface area contributed by atoms with Gasteiger partial charge >= 0.3 is 0 Å². The van der Waals surface area contributed by atoms with E-state index in [4.69, 9.17) is 0 Å². The fraction of sp³-hybridized carbons (Fsp3) is 0.824. The Bertz CT molecular complexity index is 357. The van der Waals surface area contributed by atoms with Crippen LogP contribution in [-0.2, 0) is 4.79 Å². The Morgan fingerprint density at radius 3 is 2.20 bits per heavy atom. The van der Waals surface area contributed by atoms with Gasteiger partial charge in [-0.1, -0.05) is 40.5 Å². The van der Waals surface area contributed by atoms with Gasteiger partial charge in [-0.05, 0) is 31.1 Å². The third-order valence-electron chi connectivity index (χ3n) is 5.26. The quantitative estimate of drug-likeness (QED) is 0.551. The van der Waals surface area contributed by atoms with Crippen LogP contribution in [0.2, 0.25) is 0 Å². The van der Waals surface area contributed by atoms with E-state index >= 15 is 0 Å². The Labute approximate surface area is 122 Å². The molecule has 0 bridgehead atoms. The van der Waals surface area contributed by atoms with E-state index < -0.39 is 12.1 Å². The molecule has 0 saturated heterocycles. The summed E-state index contributed by atoms with van der Waals surface area (Å²) in [5.41, 5.74) is -0.554. The molecule has 1 saturated carbocycles. The van der Waals surface area contributed by atoms with Gasteiger partial charge in [0, 0.05) is 12.0 Å². The molecule has 0 spiro atoms. The maximum atomic E-state index is 12.8. The second-order valence-corrected chi connectivity index (χ2v) is 6.93. The van der Waals surface area contributed by atoms with E-state index in [-0.39, 0.29) is 17.5 Å². The number of hydrogen-bond donors (Lipinski definition) is 1. The van der Waals surface area contributed by atoms with Crippen molar-refractivity contribution in [3.8, 4) is 0 Å². The molecule has 1 N–H and O–H groups in total. The number of carbonyl (C=O) groups excluding carboxylic acids is 1. The van der Waals surface area contributed by atoms with E-state index in [0.29, 0.717) is 5.41 Å². The summed E-state index contributed by atoms with van der Waals surface area (Å²) in [6.45, 7) is 6.99. The van der Waals surface area contributed by atoms with Crippen molar-refractivity contribution in [1.82, 2.24) is 0 Å². The first-order chi connectivity index (χ1) is 9.30. The van der Waals surface area contributed by atoms with E-state index in [1.54, 1.807) is 13.8 Å². The first kappa shape index (κ1) is 17.2. The molecule has 0 aromatic heterocycles. The zero-order valence-electron chi connectivity index (χ0n) is 13.3. The summed E-state index contributed by atoms with van der Waals surface area (Å²) in [4.78, 5) is 12.2. The summed E-state index contributed by atoms with van der Waals surface area (Å²) < 4.78 is 12.8. The van der Waals surface area contributed by atoms with Crippen LogP contribution < -0.4 is 0 Å². The Balaban J connectivity index is 2.66. The molecule has 0 aromatic carbocycles. The average Bonchev–Trinajstić information content (AvgIpc) is 2.47. The maximum Gasteiger partial charge on any atom is 0.162 e. The molecule has 1 aliphatic carbocycles. The molecule has 0 unspecified atom stereocenters. The number of carbonyl (C=O) groups is 1. The van der Waals surface area contributed by atoms with Crippen molar-refractivity contribution >= 4 is 5.78 Å². The number of ketones is 1. The summed E-state index contributed by atoms with van der Waals surface area (Å²) in [6.07, 6.45) is 7.53. The zero-order valence-corrected chi connectivity index (χ0v) is 13.3. The minimum absolute atomic E-state index is 0.00112. The second kappa shape index (κ2) is 6.73. The highest BCUT2D eigenvalue weighted by Gasteiger charge is 2.34. The van der Waals surface area contributed by atoms with Crippen LogP contribution in [0.3, 0.4) is 0 Å². The molecule has 116 valence electrons. The van der Waals surface area contributed by atoms with Crippen molar-refractivity contribution in [1.29, 1.82) is 0 Å². The molecule has 1 aliphatic rings. The van der Waals surface area contributed by atoms with Gasteiger partial charge in [-0.3, -0.25) is 9.18 Å². The molecular weight excluding hydrogens is 255 g/mol. The standard InChI is InChI=1S/C17H29FO2/c1-5-17(6-2)9-7-13(8-10-17)14(19)11-15(20)16(3,4)12-18/h11,13,20H,5-10,12H2,1-4H3. The number of rotatable bonds is 6. The van der Waals surface area contributed by atoms with E-state index in [0.717, 1.165) is 25.7 Å². The van der Waals surface area contributed by atoms with Crippen LogP contribution in [0.1, 0.15) is 66.2 Å². The fourth-order valence-corrected chi connectivity index (χ4v) is 2.99. The van der Waals surface area contributed by atoms with Crippen LogP contribution in [-0.4, -0.2) is 17.6 Å². The van der Waals surface area contributed by atoms with E-state index in [2.05, 4.69) is 13.8 Å². The first-order valence-corrected chi connectivity index (χ1v) is 7.81. The number of aliphatic hydroxyl groups excluding tert-OH is 1. The Hall–Kier alpha value is -0.860. The lowest BCUT2D eigenvalue weighted by atomic mass is 9.66. The smallest absolute Gasteiger partial charge is 0.162 e. The van der Waals surface area contributed by atoms with Gasteiger partial charge in [-0.25, -0.2) is 0 Å². The second-order valence-electron chi connectivity index (χ2n) is 6.93. The zero-order chi connectivity index (χ0) is 15.4. The molecule has 0 atom stereocenters. The van der Waals surface area contributed by atoms with Gasteiger partial charge in [-0.15, -0.1) is 0 Å². The summed E-state index contributed by atoms with van der Waals surface area (Å²) in [5.74, 6) is -0.170. The lowest BCUT2D eigenvalue weighted by molar-refractivity contribution is -0.120. The minimum atomic E-state index is -0.957. The molecule has 0 amide bonds. The van der Waals surface area contributed by atoms with Gasteiger partial charge in [0.15, 0.2) is 5.78 Å². The summed E-state index contributed by atoms with van der Waals surface area (Å²) in [6, 6.07) is 0. The van der Waals surface area contributed by atoms with Crippen molar-refractivity contribution in [2.24, 2.45) is 16.7 Å². The van der Waals surface area contributed by atoms with Gasteiger partial charge in [0.05, 0.1) is 5.41 Å². The molecule has 20 heavy (non-hydrogen) atoms. The van der Waals surface area contributed by atoms with E-state index in [1.165, 1.54) is 18.9 Å². The predicted molar refractivity (Wildman–Crippen MR) is 80.4 cm³/mol. The van der Waals surface area contributed by atoms with Crippen LogP contribution >= 0.6 is 0 Å². The van der Waals surface area contributed by atoms with Crippen LogP contribution in [0.15, 0.2) is 11.8 Å². The van der Waals surface area contributed by atoms with Gasteiger partial charge in [0.2, 0.25) is 0 Å². The Morgan fingerprint density at radius 1 is 1.30 bits per heavy atom. The third-order valence-corrected chi connectivity index (χ3v) is 5.26. The fourth-order valence-electron chi connectivity index (χ4n) is 2.99. The monoisotopic (exact) mass is 284 g/mol. The number of halogens is 1. The number of hydrogen-bond acceptors (Lipinski definition) is 2. The van der Waals surface area contributed by atoms with Crippen LogP contribution in [0.5, 0.6) is 0 Å². The van der Waals surface area contributed by atoms with Gasteiger partial charge in [-0.2, -0.15) is 0 Å². The molecular formula is C17H29FO2. The number of allylic oxidation sites excluding steroid dienone is 2. The number of aliphatic hydroxyl groups is 1. The summed E-state index contributed by atoms with van der Waals surface area (Å²) >= 11 is 0. The van der Waals surface area contributed by atoms with Crippen LogP contribution in [0, 0.1) is 16.7 Å². The van der Waals surface area contributed by atoms with Crippen molar-refractivity contribution in [2.45, 2.75) is 66.2 Å². The summed E-state index contributed by atoms with van der Waals surface area (Å²) in [7, 11) is 0. The van der Waals surface area contributed by atoms with Crippen molar-refractivity contribution < 1.29 is 14.3 Å². The molecule has 3 heteroatoms. The Kier molecular flexibility index (Phi) is 5.79. The first-order valence-electron chi connectivity index (χ1n) is 7.81. The largest absolute Gasteiger partial charge is 0.512 e. The van der Waals surface area contributed by atoms with Gasteiger partial charge in [0.1, 0.15) is 12.4 Å². The summed E-state index contributed by atoms with van der Waals surface area (Å²) in [5, 5.41) is 9.87. The third kappa shape index (κ3) is 3.83. The van der Waals surface area contributed by atoms with Gasteiger partial charge in [0.25, 0.3) is 0 Å². The molecule has 1 rings (SSSR count). The SMILES string of the molecule is CCC1(CC)CCC(C(=O)C=C(O)C(C)(C)CF)CC1. The maximum absolute atomic E-state index is 12.8. The lowest BCUT2D eigenvalue weighted by Gasteiger charge is -2.38. The molecule has 0 aromatic rings. The predicted octanol–water partition coefficient (Wildman–Crippen LogP) is 4.99. The topological polar surface area (TPSA) is 37.3 Å². The van der Waals surface area contributed by atoms with E-state index in [9.17, 15) is 14.3 Å². The molecule has 0 radical (unpaired) electrons. The molecule has 0 heterocycles. The normalized spacial score (nSPS) is 20.9. The number of alkyl halides is 1. The Morgan fingerprint density at radius 2 is 1.80 bits per heavy atom. The highest BCUT2D eigenvalue weighted by molar-refractivity contribution is 5.92. The average molecular weight is 284 g/mol. The van der Waals surface area contributed by atoms with Crippen molar-refractivity contribution in [3.63, 3.8) is 0 Å². The van der Waals surface area contributed by atoms with Crippen molar-refractivity contribution in [3.05, 3.63) is 11.8 Å². The van der Waals surface area contributed by atoms with Crippen molar-refractivity contribution in [2.75, 3.05) is 6.67 Å². The lowest BCUT2D eigenvalue weighted by Crippen LogP contribution is -2.29. The van der Waals surface area contributed by atoms with Crippen LogP contribution in [0.25, 0.3) is 0 Å². The molecule has 0 aliphatic heterocycles. The van der Waals surface area contributed by atoms with E-state index in [1.807, 2.05) is 0 Å². The minimum Gasteiger partial charge on any atom is -0.512 e. The highest BCUT2D eigenvalue weighted by atomic mass is 19.1. The van der Waals surface area contributed by atoms with Gasteiger partial charge < -0.3 is 5.11 Å². The van der Waals surface area contributed by atoms with Crippen LogP contribution in [0.4, 0.5) is 4.39 Å².